The summed E-state index contributed by atoms with van der Waals surface area (Å²) < 4.78 is 0. The van der Waals surface area contributed by atoms with Crippen LogP contribution in [0.3, 0.4) is 0 Å². The van der Waals surface area contributed by atoms with Crippen molar-refractivity contribution in [2.45, 2.75) is 63.9 Å². The number of carbonyl (C=O) groups is 1. The fourth-order valence-corrected chi connectivity index (χ4v) is 6.22. The zero-order chi connectivity index (χ0) is 13.0. The van der Waals surface area contributed by atoms with E-state index in [0.717, 1.165) is 49.4 Å². The average molecular weight is 262 g/mol. The maximum absolute atomic E-state index is 12.0. The number of hydrogen-bond acceptors (Lipinski definition) is 2. The molecule has 0 aliphatic heterocycles. The Hall–Kier alpha value is -0.370. The number of hydrogen-bond donors (Lipinski definition) is 1. The first-order chi connectivity index (χ1) is 9.24. The number of Topliss-reactive ketones (excluding diaryl/α,β-unsaturated/α-hetero) is 1. The van der Waals surface area contributed by atoms with Gasteiger partial charge in [-0.1, -0.05) is 0 Å². The largest absolute Gasteiger partial charge is 0.393 e. The SMILES string of the molecule is O=C1CC[C@H]2[C@@H]3CC[C@H]4CC[C@@H](O)C[C@@H]4[C@H]3CC[C@H]12. The number of rotatable bonds is 0. The second-order valence-corrected chi connectivity index (χ2v) is 7.65. The van der Waals surface area contributed by atoms with Crippen molar-refractivity contribution in [1.82, 2.24) is 0 Å². The molecule has 7 atom stereocenters. The normalized spacial score (nSPS) is 53.3. The van der Waals surface area contributed by atoms with Gasteiger partial charge in [0.05, 0.1) is 6.10 Å². The van der Waals surface area contributed by atoms with Crippen LogP contribution >= 0.6 is 0 Å². The molecule has 1 N–H and O–H groups in total. The predicted octanol–water partition coefficient (Wildman–Crippen LogP) is 3.18. The molecule has 2 heteroatoms. The molecular formula is C17H26O2. The predicted molar refractivity (Wildman–Crippen MR) is 73.5 cm³/mol. The lowest BCUT2D eigenvalue weighted by Gasteiger charge is -2.52. The molecule has 0 aromatic carbocycles. The topological polar surface area (TPSA) is 37.3 Å². The van der Waals surface area contributed by atoms with Crippen molar-refractivity contribution >= 4 is 5.78 Å². The maximum atomic E-state index is 12.0. The van der Waals surface area contributed by atoms with Crippen LogP contribution in [0.25, 0.3) is 0 Å². The number of fused-ring (bicyclic) bond motifs is 5. The quantitative estimate of drug-likeness (QED) is 0.728. The number of aliphatic hydroxyl groups is 1. The summed E-state index contributed by atoms with van der Waals surface area (Å²) >= 11 is 0. The smallest absolute Gasteiger partial charge is 0.136 e. The van der Waals surface area contributed by atoms with Gasteiger partial charge in [-0.3, -0.25) is 4.79 Å². The zero-order valence-corrected chi connectivity index (χ0v) is 11.8. The highest BCUT2D eigenvalue weighted by Crippen LogP contribution is 2.57. The van der Waals surface area contributed by atoms with Gasteiger partial charge in [0.2, 0.25) is 0 Å². The molecule has 106 valence electrons. The van der Waals surface area contributed by atoms with Gasteiger partial charge in [-0.15, -0.1) is 0 Å². The van der Waals surface area contributed by atoms with Gasteiger partial charge >= 0.3 is 0 Å². The highest BCUT2D eigenvalue weighted by Gasteiger charge is 2.51. The molecule has 4 saturated carbocycles. The molecule has 0 aromatic heterocycles. The van der Waals surface area contributed by atoms with Gasteiger partial charge in [0.1, 0.15) is 5.78 Å². The second kappa shape index (κ2) is 4.58. The van der Waals surface area contributed by atoms with Crippen LogP contribution in [0.1, 0.15) is 57.8 Å². The fraction of sp³-hybridized carbons (Fsp3) is 0.941. The Morgan fingerprint density at radius 1 is 0.789 bits per heavy atom. The van der Waals surface area contributed by atoms with Gasteiger partial charge in [-0.25, -0.2) is 0 Å². The summed E-state index contributed by atoms with van der Waals surface area (Å²) in [5, 5.41) is 10.0. The Morgan fingerprint density at radius 3 is 2.42 bits per heavy atom. The first kappa shape index (κ1) is 12.4. The van der Waals surface area contributed by atoms with E-state index in [1.807, 2.05) is 0 Å². The molecule has 0 bridgehead atoms. The molecule has 0 radical (unpaired) electrons. The van der Waals surface area contributed by atoms with Crippen LogP contribution in [0, 0.1) is 35.5 Å². The molecule has 4 fully saturated rings. The van der Waals surface area contributed by atoms with Crippen LogP contribution in [0.2, 0.25) is 0 Å². The standard InChI is InChI=1S/C17H26O2/c18-11-3-1-10-2-4-12-13-7-8-17(19)15(13)6-5-14(12)16(10)9-11/h10-16,18H,1-9H2/t10-,11-,12+,13+,14+,15+,16+/m1/s1. The van der Waals surface area contributed by atoms with Crippen LogP contribution < -0.4 is 0 Å². The van der Waals surface area contributed by atoms with Crippen LogP contribution in [0.4, 0.5) is 0 Å². The zero-order valence-electron chi connectivity index (χ0n) is 11.8. The van der Waals surface area contributed by atoms with E-state index in [1.54, 1.807) is 0 Å². The molecule has 0 saturated heterocycles. The molecule has 0 aromatic rings. The molecule has 4 aliphatic carbocycles. The summed E-state index contributed by atoms with van der Waals surface area (Å²) in [7, 11) is 0. The Labute approximate surface area is 116 Å². The van der Waals surface area contributed by atoms with Crippen molar-refractivity contribution in [3.05, 3.63) is 0 Å². The number of carbonyl (C=O) groups excluding carboxylic acids is 1. The number of ketones is 1. The summed E-state index contributed by atoms with van der Waals surface area (Å²) in [6, 6.07) is 0. The Morgan fingerprint density at radius 2 is 1.53 bits per heavy atom. The minimum Gasteiger partial charge on any atom is -0.393 e. The molecular weight excluding hydrogens is 236 g/mol. The van der Waals surface area contributed by atoms with E-state index in [4.69, 9.17) is 0 Å². The van der Waals surface area contributed by atoms with Crippen LogP contribution in [0.5, 0.6) is 0 Å². The van der Waals surface area contributed by atoms with E-state index in [9.17, 15) is 9.90 Å². The summed E-state index contributed by atoms with van der Waals surface area (Å²) in [6.45, 7) is 0. The van der Waals surface area contributed by atoms with Crippen molar-refractivity contribution in [3.8, 4) is 0 Å². The molecule has 4 aliphatic rings. The Kier molecular flexibility index (Phi) is 2.98. The third kappa shape index (κ3) is 1.90. The summed E-state index contributed by atoms with van der Waals surface area (Å²) in [6.07, 6.45) is 10.5. The van der Waals surface area contributed by atoms with E-state index in [0.29, 0.717) is 17.6 Å². The maximum Gasteiger partial charge on any atom is 0.136 e. The highest BCUT2D eigenvalue weighted by atomic mass is 16.3. The third-order valence-electron chi connectivity index (χ3n) is 7.01. The van der Waals surface area contributed by atoms with E-state index < -0.39 is 0 Å². The molecule has 4 rings (SSSR count). The summed E-state index contributed by atoms with van der Waals surface area (Å²) in [5.41, 5.74) is 0. The Balaban J connectivity index is 1.56. The van der Waals surface area contributed by atoms with Gasteiger partial charge in [0, 0.05) is 12.3 Å². The van der Waals surface area contributed by atoms with E-state index in [1.165, 1.54) is 32.1 Å². The minimum atomic E-state index is -0.0390. The van der Waals surface area contributed by atoms with Gasteiger partial charge in [-0.05, 0) is 81.0 Å². The second-order valence-electron chi connectivity index (χ2n) is 7.65. The monoisotopic (exact) mass is 262 g/mol. The highest BCUT2D eigenvalue weighted by molar-refractivity contribution is 5.83. The van der Waals surface area contributed by atoms with E-state index in [2.05, 4.69) is 0 Å². The molecule has 0 heterocycles. The van der Waals surface area contributed by atoms with Crippen LogP contribution in [0.15, 0.2) is 0 Å². The molecule has 19 heavy (non-hydrogen) atoms. The summed E-state index contributed by atoms with van der Waals surface area (Å²) in [4.78, 5) is 12.0. The van der Waals surface area contributed by atoms with Gasteiger partial charge in [0.15, 0.2) is 0 Å². The first-order valence-corrected chi connectivity index (χ1v) is 8.45. The van der Waals surface area contributed by atoms with E-state index >= 15 is 0 Å². The fourth-order valence-electron chi connectivity index (χ4n) is 6.22. The van der Waals surface area contributed by atoms with Crippen molar-refractivity contribution < 1.29 is 9.90 Å². The van der Waals surface area contributed by atoms with Crippen LogP contribution in [-0.2, 0) is 4.79 Å². The van der Waals surface area contributed by atoms with Crippen LogP contribution in [-0.4, -0.2) is 17.0 Å². The molecule has 2 nitrogen and oxygen atoms in total. The Bertz CT molecular complexity index is 377. The van der Waals surface area contributed by atoms with Gasteiger partial charge < -0.3 is 5.11 Å². The minimum absolute atomic E-state index is 0.0390. The van der Waals surface area contributed by atoms with Crippen molar-refractivity contribution in [1.29, 1.82) is 0 Å². The molecule has 0 spiro atoms. The van der Waals surface area contributed by atoms with Crippen molar-refractivity contribution in [2.75, 3.05) is 0 Å². The first-order valence-electron chi connectivity index (χ1n) is 8.45. The lowest BCUT2D eigenvalue weighted by atomic mass is 9.53. The molecule has 0 amide bonds. The van der Waals surface area contributed by atoms with Gasteiger partial charge in [0.25, 0.3) is 0 Å². The lowest BCUT2D eigenvalue weighted by Crippen LogP contribution is -2.46. The van der Waals surface area contributed by atoms with Gasteiger partial charge in [-0.2, -0.15) is 0 Å². The third-order valence-corrected chi connectivity index (χ3v) is 7.01. The lowest BCUT2D eigenvalue weighted by molar-refractivity contribution is -0.124. The average Bonchev–Trinajstić information content (AvgIpc) is 2.80. The van der Waals surface area contributed by atoms with Crippen molar-refractivity contribution in [2.24, 2.45) is 35.5 Å². The number of aliphatic hydroxyl groups excluding tert-OH is 1. The van der Waals surface area contributed by atoms with E-state index in [-0.39, 0.29) is 6.10 Å². The molecule has 0 unspecified atom stereocenters. The summed E-state index contributed by atoms with van der Waals surface area (Å²) in [5.74, 6) is 5.02. The van der Waals surface area contributed by atoms with Crippen molar-refractivity contribution in [3.63, 3.8) is 0 Å².